The molecule has 1 aromatic heterocycles. The minimum atomic E-state index is -0.465. The van der Waals surface area contributed by atoms with Crippen LogP contribution >= 0.6 is 0 Å². The van der Waals surface area contributed by atoms with Crippen molar-refractivity contribution < 1.29 is 9.72 Å². The Kier molecular flexibility index (Phi) is 4.80. The number of rotatable bonds is 4. The second kappa shape index (κ2) is 7.02. The zero-order valence-corrected chi connectivity index (χ0v) is 14.4. The molecule has 8 nitrogen and oxygen atoms in total. The van der Waals surface area contributed by atoms with Crippen LogP contribution in [0, 0.1) is 17.0 Å². The summed E-state index contributed by atoms with van der Waals surface area (Å²) in [5.74, 6) is -0.0768. The van der Waals surface area contributed by atoms with E-state index in [4.69, 9.17) is 0 Å². The molecule has 132 valence electrons. The molecule has 0 atom stereocenters. The van der Waals surface area contributed by atoms with E-state index in [1.165, 1.54) is 29.8 Å². The molecule has 0 bridgehead atoms. The van der Waals surface area contributed by atoms with Gasteiger partial charge >= 0.3 is 0 Å². The Balaban J connectivity index is 1.57. The van der Waals surface area contributed by atoms with E-state index in [9.17, 15) is 14.9 Å². The molecule has 3 rings (SSSR count). The average Bonchev–Trinajstić information content (AvgIpc) is 2.92. The summed E-state index contributed by atoms with van der Waals surface area (Å²) in [7, 11) is 1.91. The molecule has 0 saturated carbocycles. The van der Waals surface area contributed by atoms with E-state index in [1.807, 2.05) is 24.9 Å². The molecule has 2 heterocycles. The van der Waals surface area contributed by atoms with Crippen molar-refractivity contribution in [1.29, 1.82) is 0 Å². The lowest BCUT2D eigenvalue weighted by molar-refractivity contribution is -0.384. The number of non-ortho nitro benzene ring substituents is 1. The van der Waals surface area contributed by atoms with Gasteiger partial charge in [-0.3, -0.25) is 24.5 Å². The van der Waals surface area contributed by atoms with Crippen LogP contribution in [0.15, 0.2) is 30.5 Å². The first kappa shape index (κ1) is 17.1. The number of amides is 1. The lowest BCUT2D eigenvalue weighted by atomic mass is 10.1. The number of carbonyl (C=O) groups is 1. The van der Waals surface area contributed by atoms with Crippen molar-refractivity contribution in [2.24, 2.45) is 7.05 Å². The van der Waals surface area contributed by atoms with Crippen molar-refractivity contribution in [1.82, 2.24) is 19.6 Å². The fraction of sp³-hybridized carbons (Fsp3) is 0.412. The normalized spacial score (nSPS) is 15.4. The molecule has 0 N–H and O–H groups in total. The van der Waals surface area contributed by atoms with Gasteiger partial charge in [-0.1, -0.05) is 0 Å². The summed E-state index contributed by atoms with van der Waals surface area (Å²) in [4.78, 5) is 26.9. The molecule has 1 aromatic carbocycles. The molecule has 25 heavy (non-hydrogen) atoms. The number of nitro benzene ring substituents is 1. The first-order chi connectivity index (χ1) is 11.9. The summed E-state index contributed by atoms with van der Waals surface area (Å²) in [5.41, 5.74) is 2.72. The van der Waals surface area contributed by atoms with Gasteiger partial charge in [0.2, 0.25) is 0 Å². The zero-order chi connectivity index (χ0) is 18.0. The van der Waals surface area contributed by atoms with E-state index in [2.05, 4.69) is 10.00 Å². The van der Waals surface area contributed by atoms with Crippen LogP contribution in [0.4, 0.5) is 5.69 Å². The van der Waals surface area contributed by atoms with Gasteiger partial charge in [0, 0.05) is 69.2 Å². The number of aromatic nitrogens is 2. The number of nitrogens with zero attached hydrogens (tertiary/aromatic N) is 5. The molecular formula is C17H21N5O3. The summed E-state index contributed by atoms with van der Waals surface area (Å²) in [6.07, 6.45) is 2.03. The number of hydrogen-bond acceptors (Lipinski definition) is 5. The van der Waals surface area contributed by atoms with Gasteiger partial charge in [-0.25, -0.2) is 0 Å². The summed E-state index contributed by atoms with van der Waals surface area (Å²) in [5, 5.41) is 15.1. The minimum absolute atomic E-state index is 0.00629. The van der Waals surface area contributed by atoms with Crippen LogP contribution in [0.5, 0.6) is 0 Å². The highest BCUT2D eigenvalue weighted by Crippen LogP contribution is 2.16. The maximum atomic E-state index is 12.5. The van der Waals surface area contributed by atoms with Crippen molar-refractivity contribution in [3.63, 3.8) is 0 Å². The average molecular weight is 343 g/mol. The number of hydrogen-bond donors (Lipinski definition) is 0. The second-order valence-electron chi connectivity index (χ2n) is 6.29. The molecule has 1 fully saturated rings. The van der Waals surface area contributed by atoms with E-state index < -0.39 is 4.92 Å². The lowest BCUT2D eigenvalue weighted by Crippen LogP contribution is -2.48. The maximum Gasteiger partial charge on any atom is 0.269 e. The predicted molar refractivity (Wildman–Crippen MR) is 92.2 cm³/mol. The first-order valence-electron chi connectivity index (χ1n) is 8.19. The van der Waals surface area contributed by atoms with Crippen LogP contribution in [-0.4, -0.2) is 56.6 Å². The Bertz CT molecular complexity index is 776. The van der Waals surface area contributed by atoms with Crippen LogP contribution in [0.2, 0.25) is 0 Å². The molecule has 1 saturated heterocycles. The van der Waals surface area contributed by atoms with E-state index in [0.29, 0.717) is 18.7 Å². The molecule has 8 heteroatoms. The largest absolute Gasteiger partial charge is 0.336 e. The lowest BCUT2D eigenvalue weighted by Gasteiger charge is -2.34. The van der Waals surface area contributed by atoms with E-state index >= 15 is 0 Å². The Hall–Kier alpha value is -2.74. The molecule has 0 spiro atoms. The smallest absolute Gasteiger partial charge is 0.269 e. The Morgan fingerprint density at radius 3 is 2.36 bits per heavy atom. The van der Waals surface area contributed by atoms with E-state index in [1.54, 1.807) is 4.90 Å². The third-order valence-corrected chi connectivity index (χ3v) is 4.49. The predicted octanol–water partition coefficient (Wildman–Crippen LogP) is 1.59. The van der Waals surface area contributed by atoms with Crippen molar-refractivity contribution in [2.75, 3.05) is 26.2 Å². The molecule has 1 aliphatic heterocycles. The Morgan fingerprint density at radius 2 is 1.84 bits per heavy atom. The maximum absolute atomic E-state index is 12.5. The summed E-state index contributed by atoms with van der Waals surface area (Å²) in [6, 6.07) is 5.78. The van der Waals surface area contributed by atoms with Gasteiger partial charge in [-0.05, 0) is 19.1 Å². The third kappa shape index (κ3) is 3.85. The summed E-state index contributed by atoms with van der Waals surface area (Å²) < 4.78 is 1.82. The standard InChI is InChI=1S/C17H21N5O3/c1-13-15(11-19(2)18-13)12-20-7-9-21(10-8-20)17(23)14-3-5-16(6-4-14)22(24)25/h3-6,11H,7-10,12H2,1-2H3. The molecule has 2 aromatic rings. The third-order valence-electron chi connectivity index (χ3n) is 4.49. The topological polar surface area (TPSA) is 84.5 Å². The van der Waals surface area contributed by atoms with Crippen molar-refractivity contribution >= 4 is 11.6 Å². The van der Waals surface area contributed by atoms with Gasteiger partial charge in [-0.15, -0.1) is 0 Å². The highest BCUT2D eigenvalue weighted by Gasteiger charge is 2.23. The molecule has 0 unspecified atom stereocenters. The van der Waals surface area contributed by atoms with Crippen LogP contribution in [-0.2, 0) is 13.6 Å². The van der Waals surface area contributed by atoms with Crippen LogP contribution in [0.25, 0.3) is 0 Å². The van der Waals surface area contributed by atoms with Gasteiger partial charge in [-0.2, -0.15) is 5.10 Å². The van der Waals surface area contributed by atoms with E-state index in [-0.39, 0.29) is 11.6 Å². The van der Waals surface area contributed by atoms with Gasteiger partial charge in [0.15, 0.2) is 0 Å². The van der Waals surface area contributed by atoms with Gasteiger partial charge in [0.05, 0.1) is 10.6 Å². The summed E-state index contributed by atoms with van der Waals surface area (Å²) >= 11 is 0. The summed E-state index contributed by atoms with van der Waals surface area (Å²) in [6.45, 7) is 5.73. The number of benzene rings is 1. The monoisotopic (exact) mass is 343 g/mol. The number of nitro groups is 1. The van der Waals surface area contributed by atoms with Crippen molar-refractivity contribution in [3.05, 3.63) is 57.4 Å². The fourth-order valence-electron chi connectivity index (χ4n) is 3.06. The van der Waals surface area contributed by atoms with Gasteiger partial charge in [0.25, 0.3) is 11.6 Å². The minimum Gasteiger partial charge on any atom is -0.336 e. The SMILES string of the molecule is Cc1nn(C)cc1CN1CCN(C(=O)c2ccc([N+](=O)[O-])cc2)CC1. The van der Waals surface area contributed by atoms with E-state index in [0.717, 1.165) is 25.3 Å². The number of aryl methyl sites for hydroxylation is 2. The number of piperazine rings is 1. The molecule has 1 amide bonds. The van der Waals surface area contributed by atoms with Gasteiger partial charge in [0.1, 0.15) is 0 Å². The van der Waals surface area contributed by atoms with Crippen molar-refractivity contribution in [3.8, 4) is 0 Å². The second-order valence-corrected chi connectivity index (χ2v) is 6.29. The highest BCUT2D eigenvalue weighted by atomic mass is 16.6. The van der Waals surface area contributed by atoms with Crippen LogP contribution < -0.4 is 0 Å². The van der Waals surface area contributed by atoms with Crippen LogP contribution in [0.3, 0.4) is 0 Å². The molecule has 0 radical (unpaired) electrons. The molecular weight excluding hydrogens is 322 g/mol. The van der Waals surface area contributed by atoms with Crippen molar-refractivity contribution in [2.45, 2.75) is 13.5 Å². The molecule has 0 aliphatic carbocycles. The zero-order valence-electron chi connectivity index (χ0n) is 14.4. The quantitative estimate of drug-likeness (QED) is 0.622. The number of carbonyl (C=O) groups excluding carboxylic acids is 1. The Morgan fingerprint density at radius 1 is 1.20 bits per heavy atom. The Labute approximate surface area is 145 Å². The molecule has 1 aliphatic rings. The fourth-order valence-corrected chi connectivity index (χ4v) is 3.06. The highest BCUT2D eigenvalue weighted by molar-refractivity contribution is 5.94. The van der Waals surface area contributed by atoms with Crippen LogP contribution in [0.1, 0.15) is 21.6 Å². The van der Waals surface area contributed by atoms with Gasteiger partial charge < -0.3 is 4.90 Å². The first-order valence-corrected chi connectivity index (χ1v) is 8.19.